The first-order valence-corrected chi connectivity index (χ1v) is 10.3. The number of fused-ring (bicyclic) bond motifs is 2. The fraction of sp³-hybridized carbons (Fsp3) is 0.333. The van der Waals surface area contributed by atoms with E-state index >= 15 is 0 Å². The van der Waals surface area contributed by atoms with Crippen LogP contribution in [0.1, 0.15) is 5.56 Å². The molecule has 0 spiro atoms. The summed E-state index contributed by atoms with van der Waals surface area (Å²) in [7, 11) is 0. The van der Waals surface area contributed by atoms with E-state index in [0.717, 1.165) is 23.7 Å². The Morgan fingerprint density at radius 1 is 1.07 bits per heavy atom. The molecule has 0 aliphatic carbocycles. The third-order valence-corrected chi connectivity index (χ3v) is 6.34. The second-order valence-corrected chi connectivity index (χ2v) is 8.10. The molecule has 0 unspecified atom stereocenters. The first kappa shape index (κ1) is 17.3. The second kappa shape index (κ2) is 6.98. The van der Waals surface area contributed by atoms with Crippen LogP contribution < -0.4 is 14.4 Å². The Kier molecular flexibility index (Phi) is 4.31. The lowest BCUT2D eigenvalue weighted by Crippen LogP contribution is -2.54. The summed E-state index contributed by atoms with van der Waals surface area (Å²) in [5.74, 6) is 1.33. The van der Waals surface area contributed by atoms with Gasteiger partial charge in [-0.2, -0.15) is 0 Å². The van der Waals surface area contributed by atoms with E-state index in [-0.39, 0.29) is 12.5 Å². The van der Waals surface area contributed by atoms with Gasteiger partial charge in [0.1, 0.15) is 6.61 Å². The van der Waals surface area contributed by atoms with Crippen molar-refractivity contribution in [3.05, 3.63) is 48.0 Å². The highest BCUT2D eigenvalue weighted by molar-refractivity contribution is 7.22. The van der Waals surface area contributed by atoms with Gasteiger partial charge in [0, 0.05) is 26.2 Å². The molecule has 1 amide bonds. The van der Waals surface area contributed by atoms with Crippen LogP contribution in [0.3, 0.4) is 0 Å². The monoisotopic (exact) mass is 395 g/mol. The number of aromatic nitrogens is 1. The zero-order valence-corrected chi connectivity index (χ0v) is 16.4. The number of carbonyl (C=O) groups excluding carboxylic acids is 1. The van der Waals surface area contributed by atoms with E-state index in [2.05, 4.69) is 30.0 Å². The Balaban J connectivity index is 1.24. The number of piperazine rings is 1. The first-order chi connectivity index (χ1) is 13.7. The Bertz CT molecular complexity index is 1030. The molecule has 5 rings (SSSR count). The molecule has 0 radical (unpaired) electrons. The molecule has 0 N–H and O–H groups in total. The first-order valence-electron chi connectivity index (χ1n) is 9.47. The molecule has 3 aromatic rings. The van der Waals surface area contributed by atoms with Gasteiger partial charge in [-0.3, -0.25) is 4.79 Å². The van der Waals surface area contributed by atoms with Gasteiger partial charge in [-0.05, 0) is 30.7 Å². The van der Waals surface area contributed by atoms with Crippen molar-refractivity contribution in [3.8, 4) is 11.5 Å². The summed E-state index contributed by atoms with van der Waals surface area (Å²) >= 11 is 1.71. The van der Waals surface area contributed by atoms with Crippen LogP contribution >= 0.6 is 11.3 Å². The van der Waals surface area contributed by atoms with Crippen LogP contribution in [0.5, 0.6) is 11.5 Å². The summed E-state index contributed by atoms with van der Waals surface area (Å²) in [6.45, 7) is 5.22. The van der Waals surface area contributed by atoms with Gasteiger partial charge < -0.3 is 19.3 Å². The van der Waals surface area contributed by atoms with Gasteiger partial charge in [-0.25, -0.2) is 4.98 Å². The SMILES string of the molecule is Cc1cccc2sc(N3CCN(C(=O)[C@@H]4COc5ccccc5O4)CC3)nc12. The molecule has 2 aromatic carbocycles. The molecule has 7 heteroatoms. The van der Waals surface area contributed by atoms with Gasteiger partial charge in [-0.1, -0.05) is 35.6 Å². The van der Waals surface area contributed by atoms with Crippen molar-refractivity contribution in [1.82, 2.24) is 9.88 Å². The van der Waals surface area contributed by atoms with Gasteiger partial charge in [-0.15, -0.1) is 0 Å². The van der Waals surface area contributed by atoms with E-state index in [1.807, 2.05) is 29.2 Å². The smallest absolute Gasteiger partial charge is 0.267 e. The summed E-state index contributed by atoms with van der Waals surface area (Å²) in [5, 5.41) is 1.03. The third-order valence-electron chi connectivity index (χ3n) is 5.26. The Morgan fingerprint density at radius 3 is 2.64 bits per heavy atom. The predicted molar refractivity (Wildman–Crippen MR) is 110 cm³/mol. The second-order valence-electron chi connectivity index (χ2n) is 7.09. The summed E-state index contributed by atoms with van der Waals surface area (Å²) in [4.78, 5) is 21.8. The van der Waals surface area contributed by atoms with Crippen molar-refractivity contribution in [1.29, 1.82) is 0 Å². The van der Waals surface area contributed by atoms with E-state index < -0.39 is 6.10 Å². The number of hydrogen-bond acceptors (Lipinski definition) is 6. The summed E-state index contributed by atoms with van der Waals surface area (Å²) in [5.41, 5.74) is 2.27. The number of nitrogens with zero attached hydrogens (tertiary/aromatic N) is 3. The summed E-state index contributed by atoms with van der Waals surface area (Å²) in [6.07, 6.45) is -0.577. The Hall–Kier alpha value is -2.80. The highest BCUT2D eigenvalue weighted by Crippen LogP contribution is 2.33. The predicted octanol–water partition coefficient (Wildman–Crippen LogP) is 3.09. The number of aryl methyl sites for hydroxylation is 1. The van der Waals surface area contributed by atoms with Crippen molar-refractivity contribution < 1.29 is 14.3 Å². The van der Waals surface area contributed by atoms with Crippen LogP contribution in [0.4, 0.5) is 5.13 Å². The average Bonchev–Trinajstić information content (AvgIpc) is 3.19. The maximum atomic E-state index is 12.9. The summed E-state index contributed by atoms with van der Waals surface area (Å²) in [6, 6.07) is 13.7. The van der Waals surface area contributed by atoms with E-state index in [1.54, 1.807) is 11.3 Å². The highest BCUT2D eigenvalue weighted by atomic mass is 32.1. The molecular formula is C21H21N3O3S. The van der Waals surface area contributed by atoms with E-state index in [0.29, 0.717) is 24.6 Å². The van der Waals surface area contributed by atoms with Crippen molar-refractivity contribution in [2.75, 3.05) is 37.7 Å². The topological polar surface area (TPSA) is 54.9 Å². The van der Waals surface area contributed by atoms with Crippen LogP contribution in [-0.2, 0) is 4.79 Å². The number of rotatable bonds is 2. The number of benzene rings is 2. The fourth-order valence-electron chi connectivity index (χ4n) is 3.67. The Morgan fingerprint density at radius 2 is 1.86 bits per heavy atom. The van der Waals surface area contributed by atoms with Gasteiger partial charge >= 0.3 is 0 Å². The molecule has 144 valence electrons. The van der Waals surface area contributed by atoms with Gasteiger partial charge in [0.2, 0.25) is 6.10 Å². The van der Waals surface area contributed by atoms with Crippen LogP contribution in [0.15, 0.2) is 42.5 Å². The van der Waals surface area contributed by atoms with Crippen molar-refractivity contribution in [2.24, 2.45) is 0 Å². The molecule has 1 saturated heterocycles. The molecule has 1 aromatic heterocycles. The lowest BCUT2D eigenvalue weighted by molar-refractivity contribution is -0.141. The third kappa shape index (κ3) is 3.05. The number of para-hydroxylation sites is 3. The maximum Gasteiger partial charge on any atom is 0.267 e. The number of thiazole rings is 1. The van der Waals surface area contributed by atoms with Crippen molar-refractivity contribution in [2.45, 2.75) is 13.0 Å². The van der Waals surface area contributed by atoms with Crippen LogP contribution in [0.2, 0.25) is 0 Å². The summed E-state index contributed by atoms with van der Waals surface area (Å²) < 4.78 is 12.8. The number of hydrogen-bond donors (Lipinski definition) is 0. The Labute approximate surface area is 167 Å². The number of anilines is 1. The molecule has 1 atom stereocenters. The maximum absolute atomic E-state index is 12.9. The minimum atomic E-state index is -0.577. The highest BCUT2D eigenvalue weighted by Gasteiger charge is 2.33. The van der Waals surface area contributed by atoms with Crippen LogP contribution in [-0.4, -0.2) is 54.7 Å². The molecule has 6 nitrogen and oxygen atoms in total. The average molecular weight is 395 g/mol. The van der Waals surface area contributed by atoms with Gasteiger partial charge in [0.15, 0.2) is 16.6 Å². The van der Waals surface area contributed by atoms with Crippen molar-refractivity contribution >= 4 is 32.6 Å². The van der Waals surface area contributed by atoms with Crippen LogP contribution in [0, 0.1) is 6.92 Å². The zero-order chi connectivity index (χ0) is 19.1. The lowest BCUT2D eigenvalue weighted by atomic mass is 10.2. The van der Waals surface area contributed by atoms with E-state index in [9.17, 15) is 4.79 Å². The minimum Gasteiger partial charge on any atom is -0.485 e. The largest absolute Gasteiger partial charge is 0.485 e. The number of ether oxygens (including phenoxy) is 2. The molecule has 3 heterocycles. The van der Waals surface area contributed by atoms with E-state index in [4.69, 9.17) is 14.5 Å². The normalized spacial score (nSPS) is 19.1. The molecule has 0 bridgehead atoms. The minimum absolute atomic E-state index is 0.00528. The number of amides is 1. The molecule has 2 aliphatic heterocycles. The molecule has 0 saturated carbocycles. The quantitative estimate of drug-likeness (QED) is 0.667. The lowest BCUT2D eigenvalue weighted by Gasteiger charge is -2.37. The van der Waals surface area contributed by atoms with Gasteiger partial charge in [0.05, 0.1) is 10.2 Å². The zero-order valence-electron chi connectivity index (χ0n) is 15.6. The molecule has 2 aliphatic rings. The fourth-order valence-corrected chi connectivity index (χ4v) is 4.77. The van der Waals surface area contributed by atoms with E-state index in [1.165, 1.54) is 10.3 Å². The standard InChI is InChI=1S/C21H21N3O3S/c1-14-5-4-8-18-19(14)22-21(28-18)24-11-9-23(10-12-24)20(25)17-13-26-15-6-2-3-7-16(15)27-17/h2-8,17H,9-13H2,1H3/t17-/m0/s1. The van der Waals surface area contributed by atoms with Gasteiger partial charge in [0.25, 0.3) is 5.91 Å². The molecule has 1 fully saturated rings. The van der Waals surface area contributed by atoms with Crippen molar-refractivity contribution in [3.63, 3.8) is 0 Å². The molecular weight excluding hydrogens is 374 g/mol. The number of carbonyl (C=O) groups is 1. The molecule has 28 heavy (non-hydrogen) atoms. The van der Waals surface area contributed by atoms with Crippen LogP contribution in [0.25, 0.3) is 10.2 Å².